The van der Waals surface area contributed by atoms with Crippen LogP contribution in [0.1, 0.15) is 76.3 Å². The van der Waals surface area contributed by atoms with E-state index in [1.54, 1.807) is 6.07 Å². The number of benzene rings is 1. The third-order valence-corrected chi connectivity index (χ3v) is 5.66. The molecule has 124 valence electrons. The number of hydrogen-bond acceptors (Lipinski definition) is 1. The number of alkyl halides is 3. The fourth-order valence-corrected chi connectivity index (χ4v) is 3.91. The molecule has 22 heavy (non-hydrogen) atoms. The summed E-state index contributed by atoms with van der Waals surface area (Å²) in [7, 11) is 0. The molecule has 0 radical (unpaired) electrons. The zero-order valence-electron chi connectivity index (χ0n) is 13.8. The lowest BCUT2D eigenvalue weighted by Gasteiger charge is -2.30. The Morgan fingerprint density at radius 3 is 2.18 bits per heavy atom. The van der Waals surface area contributed by atoms with Crippen LogP contribution in [0.2, 0.25) is 0 Å². The van der Waals surface area contributed by atoms with E-state index < -0.39 is 5.51 Å². The SMILES string of the molecule is CC(c1ccc(C2CCCC2)cc1SC(F)(F)F)C(C)(C)C. The van der Waals surface area contributed by atoms with Crippen LogP contribution in [0.4, 0.5) is 13.2 Å². The molecule has 1 aromatic carbocycles. The van der Waals surface area contributed by atoms with Gasteiger partial charge in [0.1, 0.15) is 0 Å². The molecule has 0 heterocycles. The van der Waals surface area contributed by atoms with Crippen molar-refractivity contribution in [3.8, 4) is 0 Å². The number of rotatable bonds is 3. The maximum atomic E-state index is 13.0. The number of hydrogen-bond donors (Lipinski definition) is 0. The monoisotopic (exact) mass is 330 g/mol. The Kier molecular flexibility index (Phi) is 5.20. The molecule has 4 heteroatoms. The van der Waals surface area contributed by atoms with Crippen molar-refractivity contribution in [3.63, 3.8) is 0 Å². The third-order valence-electron chi connectivity index (χ3n) is 4.86. The van der Waals surface area contributed by atoms with Crippen LogP contribution >= 0.6 is 11.8 Å². The van der Waals surface area contributed by atoms with E-state index in [-0.39, 0.29) is 23.1 Å². The van der Waals surface area contributed by atoms with E-state index >= 15 is 0 Å². The lowest BCUT2D eigenvalue weighted by atomic mass is 9.77. The molecule has 0 bridgehead atoms. The van der Waals surface area contributed by atoms with E-state index in [0.29, 0.717) is 10.8 Å². The second kappa shape index (κ2) is 6.46. The quantitative estimate of drug-likeness (QED) is 0.532. The first-order valence-corrected chi connectivity index (χ1v) is 8.79. The molecule has 0 spiro atoms. The van der Waals surface area contributed by atoms with Gasteiger partial charge in [-0.05, 0) is 59.0 Å². The van der Waals surface area contributed by atoms with Crippen molar-refractivity contribution in [1.29, 1.82) is 0 Å². The second-order valence-corrected chi connectivity index (χ2v) is 8.52. The topological polar surface area (TPSA) is 0 Å². The van der Waals surface area contributed by atoms with Crippen molar-refractivity contribution in [2.45, 2.75) is 75.6 Å². The van der Waals surface area contributed by atoms with Gasteiger partial charge in [-0.3, -0.25) is 0 Å². The minimum Gasteiger partial charge on any atom is -0.160 e. The predicted octanol–water partition coefficient (Wildman–Crippen LogP) is 7.11. The summed E-state index contributed by atoms with van der Waals surface area (Å²) in [6.45, 7) is 8.24. The van der Waals surface area contributed by atoms with E-state index in [0.717, 1.165) is 24.0 Å². The van der Waals surface area contributed by atoms with Crippen LogP contribution in [0.25, 0.3) is 0 Å². The Hall–Kier alpha value is -0.640. The minimum absolute atomic E-state index is 0.0448. The molecule has 1 aliphatic rings. The molecule has 0 N–H and O–H groups in total. The largest absolute Gasteiger partial charge is 0.446 e. The Labute approximate surface area is 135 Å². The first kappa shape index (κ1) is 17.7. The normalized spacial score (nSPS) is 18.7. The molecule has 0 amide bonds. The van der Waals surface area contributed by atoms with Gasteiger partial charge < -0.3 is 0 Å². The lowest BCUT2D eigenvalue weighted by molar-refractivity contribution is -0.0328. The molecule has 0 saturated heterocycles. The zero-order valence-corrected chi connectivity index (χ0v) is 14.6. The average Bonchev–Trinajstić information content (AvgIpc) is 2.88. The van der Waals surface area contributed by atoms with Crippen molar-refractivity contribution < 1.29 is 13.2 Å². The molecule has 1 aliphatic carbocycles. The summed E-state index contributed by atoms with van der Waals surface area (Å²) in [6.07, 6.45) is 4.58. The Morgan fingerprint density at radius 2 is 1.68 bits per heavy atom. The highest BCUT2D eigenvalue weighted by Crippen LogP contribution is 2.46. The predicted molar refractivity (Wildman–Crippen MR) is 87.4 cm³/mol. The standard InChI is InChI=1S/C18H25F3S/c1-12(17(2,3)4)15-10-9-14(13-7-5-6-8-13)11-16(15)22-18(19,20)21/h9-13H,5-8H2,1-4H3. The van der Waals surface area contributed by atoms with Gasteiger partial charge in [0.2, 0.25) is 0 Å². The van der Waals surface area contributed by atoms with E-state index in [4.69, 9.17) is 0 Å². The third kappa shape index (κ3) is 4.43. The van der Waals surface area contributed by atoms with Crippen LogP contribution < -0.4 is 0 Å². The van der Waals surface area contributed by atoms with Gasteiger partial charge in [-0.25, -0.2) is 0 Å². The molecule has 1 fully saturated rings. The molecule has 1 unspecified atom stereocenters. The Morgan fingerprint density at radius 1 is 1.09 bits per heavy atom. The minimum atomic E-state index is -4.24. The molecule has 0 aliphatic heterocycles. The summed E-state index contributed by atoms with van der Waals surface area (Å²) in [5, 5.41) is 0. The molecule has 0 aromatic heterocycles. The summed E-state index contributed by atoms with van der Waals surface area (Å²) in [6, 6.07) is 5.78. The second-order valence-electron chi connectivity index (χ2n) is 7.41. The first-order chi connectivity index (χ1) is 10.1. The van der Waals surface area contributed by atoms with E-state index in [1.165, 1.54) is 12.8 Å². The summed E-state index contributed by atoms with van der Waals surface area (Å²) < 4.78 is 38.9. The lowest BCUT2D eigenvalue weighted by Crippen LogP contribution is -2.17. The van der Waals surface area contributed by atoms with Crippen molar-refractivity contribution in [2.75, 3.05) is 0 Å². The van der Waals surface area contributed by atoms with Crippen molar-refractivity contribution in [3.05, 3.63) is 29.3 Å². The summed E-state index contributed by atoms with van der Waals surface area (Å²) in [4.78, 5) is 0.388. The van der Waals surface area contributed by atoms with Crippen LogP contribution in [-0.4, -0.2) is 5.51 Å². The van der Waals surface area contributed by atoms with Crippen molar-refractivity contribution >= 4 is 11.8 Å². The fourth-order valence-electron chi connectivity index (χ4n) is 3.10. The fraction of sp³-hybridized carbons (Fsp3) is 0.667. The van der Waals surface area contributed by atoms with E-state index in [9.17, 15) is 13.2 Å². The highest BCUT2D eigenvalue weighted by atomic mass is 32.2. The molecule has 1 aromatic rings. The molecule has 1 saturated carbocycles. The maximum absolute atomic E-state index is 13.0. The Bertz CT molecular complexity index is 508. The first-order valence-electron chi connectivity index (χ1n) is 7.97. The van der Waals surface area contributed by atoms with Gasteiger partial charge >= 0.3 is 5.51 Å². The van der Waals surface area contributed by atoms with Gasteiger partial charge in [0.15, 0.2) is 0 Å². The van der Waals surface area contributed by atoms with Crippen LogP contribution in [0, 0.1) is 5.41 Å². The van der Waals surface area contributed by atoms with Gasteiger partial charge in [0.25, 0.3) is 0 Å². The maximum Gasteiger partial charge on any atom is 0.446 e. The van der Waals surface area contributed by atoms with Crippen LogP contribution in [0.15, 0.2) is 23.1 Å². The summed E-state index contributed by atoms with van der Waals surface area (Å²) >= 11 is 0.0448. The summed E-state index contributed by atoms with van der Waals surface area (Å²) in [5.41, 5.74) is -2.40. The van der Waals surface area contributed by atoms with Gasteiger partial charge in [-0.1, -0.05) is 52.7 Å². The molecular weight excluding hydrogens is 305 g/mol. The van der Waals surface area contributed by atoms with Crippen molar-refractivity contribution in [1.82, 2.24) is 0 Å². The van der Waals surface area contributed by atoms with Crippen LogP contribution in [0.5, 0.6) is 0 Å². The smallest absolute Gasteiger partial charge is 0.160 e. The van der Waals surface area contributed by atoms with Crippen molar-refractivity contribution in [2.24, 2.45) is 5.41 Å². The molecular formula is C18H25F3S. The van der Waals surface area contributed by atoms with Gasteiger partial charge in [-0.2, -0.15) is 13.2 Å². The van der Waals surface area contributed by atoms with Gasteiger partial charge in [0, 0.05) is 4.90 Å². The van der Waals surface area contributed by atoms with Crippen LogP contribution in [-0.2, 0) is 0 Å². The summed E-state index contributed by atoms with van der Waals surface area (Å²) in [5.74, 6) is 0.515. The van der Waals surface area contributed by atoms with Gasteiger partial charge in [0.05, 0.1) is 0 Å². The van der Waals surface area contributed by atoms with Crippen LogP contribution in [0.3, 0.4) is 0 Å². The highest BCUT2D eigenvalue weighted by molar-refractivity contribution is 8.00. The number of halogens is 3. The average molecular weight is 330 g/mol. The van der Waals surface area contributed by atoms with Gasteiger partial charge in [-0.15, -0.1) is 0 Å². The molecule has 0 nitrogen and oxygen atoms in total. The van der Waals surface area contributed by atoms with E-state index in [2.05, 4.69) is 20.8 Å². The molecule has 1 atom stereocenters. The highest BCUT2D eigenvalue weighted by Gasteiger charge is 2.33. The molecule has 2 rings (SSSR count). The van der Waals surface area contributed by atoms with E-state index in [1.807, 2.05) is 19.1 Å². The number of thioether (sulfide) groups is 1. The zero-order chi connectivity index (χ0) is 16.5. The Balaban J connectivity index is 2.39.